The van der Waals surface area contributed by atoms with Gasteiger partial charge in [-0.1, -0.05) is 107 Å². The van der Waals surface area contributed by atoms with Gasteiger partial charge in [0.25, 0.3) is 0 Å². The maximum Gasteiger partial charge on any atom is 0.410 e. The number of benzene rings is 2. The van der Waals surface area contributed by atoms with Crippen molar-refractivity contribution in [1.82, 2.24) is 46.2 Å². The van der Waals surface area contributed by atoms with Crippen LogP contribution in [0, 0.1) is 23.7 Å². The standard InChI is InChI=1S/C71H110BrN9O23/c1-14-42(6)58(50(98-12)32-55(86)81-27-18-21-48(81)63(99-13)43(7)65(91)76-44(8)59(87)46-19-16-15-17-20-46)78(9)67(93)56(40(2)3)77-66(92)57(41(4)5)79(10)70(96)101-35-45-22-23-49(103-69-62(90)60(88)61(89)64(104-69)68(94)95)47(31-45)34-74-51(82)24-26-73-53(84)36-102-71(37-75-52(83)33-72)38-80(39-71)54(85)25-28-100-30-29-97-11/h15-17,19-20,22-23,31,40-44,48,50,56-64,69,87-90H,14,18,21,24-30,32-39H2,1-13H3,(H,73,84)(H,74,82)(H,75,83)(H,76,91)(H,77,92)(H,94,95)/t42-,43+,44+,48-,50+,56-,57-,58-,59+,60-,61-,62+,63+,64-,69+/m0/s1. The Bertz CT molecular complexity index is 3150. The second-order valence-corrected chi connectivity index (χ2v) is 28.0. The first-order valence-corrected chi connectivity index (χ1v) is 36.3. The van der Waals surface area contributed by atoms with Gasteiger partial charge in [0.05, 0.1) is 100.0 Å². The lowest BCUT2D eigenvalue weighted by Crippen LogP contribution is -2.69. The highest BCUT2D eigenvalue weighted by molar-refractivity contribution is 9.09. The fourth-order valence-electron chi connectivity index (χ4n) is 13.0. The lowest BCUT2D eigenvalue weighted by molar-refractivity contribution is -0.271. The van der Waals surface area contributed by atoms with Crippen molar-refractivity contribution in [2.24, 2.45) is 23.7 Å². The maximum atomic E-state index is 14.9. The monoisotopic (exact) mass is 1540 g/mol. The molecule has 32 nitrogen and oxygen atoms in total. The van der Waals surface area contributed by atoms with Crippen LogP contribution >= 0.6 is 15.9 Å². The number of nitrogens with one attached hydrogen (secondary N) is 5. The van der Waals surface area contributed by atoms with E-state index in [1.54, 1.807) is 77.8 Å². The van der Waals surface area contributed by atoms with Crippen LogP contribution in [0.25, 0.3) is 0 Å². The molecule has 15 atom stereocenters. The van der Waals surface area contributed by atoms with E-state index in [0.29, 0.717) is 50.1 Å². The average Bonchev–Trinajstić information content (AvgIpc) is 0.827. The average molecular weight is 1540 g/mol. The van der Waals surface area contributed by atoms with Crippen LogP contribution < -0.4 is 31.3 Å². The molecule has 3 fully saturated rings. The molecule has 584 valence electrons. The zero-order valence-electron chi connectivity index (χ0n) is 61.9. The summed E-state index contributed by atoms with van der Waals surface area (Å²) < 4.78 is 45.4. The lowest BCUT2D eigenvalue weighted by atomic mass is 9.89. The zero-order chi connectivity index (χ0) is 77.3. The summed E-state index contributed by atoms with van der Waals surface area (Å²) in [7, 11) is 7.46. The molecule has 3 saturated heterocycles. The fraction of sp³-hybridized carbons (Fsp3) is 0.690. The Morgan fingerprint density at radius 3 is 2.08 bits per heavy atom. The number of halogens is 1. The van der Waals surface area contributed by atoms with Crippen molar-refractivity contribution in [1.29, 1.82) is 0 Å². The summed E-state index contributed by atoms with van der Waals surface area (Å²) in [5, 5.41) is 66.3. The predicted molar refractivity (Wildman–Crippen MR) is 379 cm³/mol. The Hall–Kier alpha value is -7.18. The van der Waals surface area contributed by atoms with Crippen molar-refractivity contribution in [3.8, 4) is 5.75 Å². The minimum Gasteiger partial charge on any atom is -0.479 e. The van der Waals surface area contributed by atoms with E-state index >= 15 is 0 Å². The summed E-state index contributed by atoms with van der Waals surface area (Å²) in [5.41, 5.74) is 0.0197. The van der Waals surface area contributed by atoms with E-state index in [1.807, 2.05) is 19.9 Å². The fourth-order valence-corrected chi connectivity index (χ4v) is 13.2. The minimum absolute atomic E-state index is 0.00390. The molecule has 2 aromatic rings. The lowest BCUT2D eigenvalue weighted by Gasteiger charge is -2.49. The van der Waals surface area contributed by atoms with Crippen LogP contribution in [0.3, 0.4) is 0 Å². The number of hydrogen-bond donors (Lipinski definition) is 10. The molecule has 0 aromatic heterocycles. The zero-order valence-corrected chi connectivity index (χ0v) is 63.5. The van der Waals surface area contributed by atoms with Crippen LogP contribution in [0.5, 0.6) is 5.75 Å². The van der Waals surface area contributed by atoms with Crippen LogP contribution in [0.2, 0.25) is 0 Å². The third kappa shape index (κ3) is 24.4. The molecule has 0 spiro atoms. The maximum absolute atomic E-state index is 14.9. The van der Waals surface area contributed by atoms with Crippen molar-refractivity contribution in [2.45, 2.75) is 192 Å². The topological polar surface area (TPSA) is 419 Å². The molecule has 3 heterocycles. The number of carbonyl (C=O) groups is 10. The number of likely N-dealkylation sites (tertiary alicyclic amines) is 2. The Kier molecular flexibility index (Phi) is 35.5. The molecule has 0 aliphatic carbocycles. The van der Waals surface area contributed by atoms with E-state index in [2.05, 4.69) is 42.5 Å². The largest absolute Gasteiger partial charge is 0.479 e. The molecule has 0 saturated carbocycles. The van der Waals surface area contributed by atoms with E-state index in [4.69, 9.17) is 37.9 Å². The number of carboxylic acid groups (broad SMARTS) is 1. The summed E-state index contributed by atoms with van der Waals surface area (Å²) >= 11 is 3.10. The number of hydrogen-bond acceptors (Lipinski definition) is 22. The highest BCUT2D eigenvalue weighted by Gasteiger charge is 2.50. The number of carbonyl (C=O) groups excluding carboxylic acids is 9. The molecule has 2 aromatic carbocycles. The molecule has 10 N–H and O–H groups in total. The van der Waals surface area contributed by atoms with E-state index in [0.717, 1.165) is 4.90 Å². The molecule has 9 amide bonds. The molecular formula is C71H110BrN9O23. The molecule has 0 unspecified atom stereocenters. The number of ether oxygens (including phenoxy) is 8. The SMILES string of the molecule is CC[C@H](C)[C@@H]([C@@H](CC(=O)N1CCC[C@H]1[C@H](OC)[C@@H](C)C(=O)N[C@H](C)[C@@H](O)c1ccccc1)OC)N(C)C(=O)[C@@H](NC(=O)[C@H](C(C)C)N(C)C(=O)OCc1ccc(O[C@@H]2O[C@H](C(=O)O)[C@@H](O)[C@H](O)[C@H]2O)c(CNC(=O)CCNC(=O)COC2(CNC(=O)CBr)CN(C(=O)CCOCCOC)C2)c1)C(C)C. The van der Waals surface area contributed by atoms with Crippen molar-refractivity contribution >= 4 is 75.2 Å². The van der Waals surface area contributed by atoms with Gasteiger partial charge in [0.15, 0.2) is 6.10 Å². The van der Waals surface area contributed by atoms with E-state index in [-0.39, 0.29) is 105 Å². The van der Waals surface area contributed by atoms with Gasteiger partial charge in [-0.3, -0.25) is 43.3 Å². The van der Waals surface area contributed by atoms with Gasteiger partial charge in [-0.05, 0) is 60.8 Å². The number of alkyl halides is 1. The Balaban J connectivity index is 1.24. The number of rotatable bonds is 42. The van der Waals surface area contributed by atoms with Gasteiger partial charge in [0.2, 0.25) is 53.5 Å². The Morgan fingerprint density at radius 1 is 0.769 bits per heavy atom. The number of nitrogens with zero attached hydrogens (tertiary/aromatic N) is 4. The van der Waals surface area contributed by atoms with Gasteiger partial charge >= 0.3 is 12.1 Å². The number of methoxy groups -OCH3 is 3. The van der Waals surface area contributed by atoms with Gasteiger partial charge in [0, 0.05) is 67.0 Å². The molecular weight excluding hydrogens is 1430 g/mol. The van der Waals surface area contributed by atoms with E-state index in [1.165, 1.54) is 56.4 Å². The number of aliphatic hydroxyl groups excluding tert-OH is 4. The number of likely N-dealkylation sites (N-methyl/N-ethyl adjacent to an activating group) is 2. The first kappa shape index (κ1) is 87.5. The van der Waals surface area contributed by atoms with E-state index in [9.17, 15) is 73.5 Å². The van der Waals surface area contributed by atoms with Gasteiger partial charge in [0.1, 0.15) is 55.0 Å². The van der Waals surface area contributed by atoms with Crippen molar-refractivity contribution in [3.63, 3.8) is 0 Å². The Morgan fingerprint density at radius 2 is 1.46 bits per heavy atom. The molecule has 3 aliphatic heterocycles. The van der Waals surface area contributed by atoms with Crippen molar-refractivity contribution in [3.05, 3.63) is 65.2 Å². The third-order valence-electron chi connectivity index (χ3n) is 19.2. The molecule has 33 heteroatoms. The third-order valence-corrected chi connectivity index (χ3v) is 19.7. The summed E-state index contributed by atoms with van der Waals surface area (Å²) in [4.78, 5) is 141. The van der Waals surface area contributed by atoms with Crippen LogP contribution in [0.15, 0.2) is 48.5 Å². The van der Waals surface area contributed by atoms with Crippen LogP contribution in [-0.4, -0.2) is 283 Å². The summed E-state index contributed by atoms with van der Waals surface area (Å²) in [5.74, 6) is -7.27. The van der Waals surface area contributed by atoms with Gasteiger partial charge in [-0.2, -0.15) is 0 Å². The first-order valence-electron chi connectivity index (χ1n) is 35.2. The number of amides is 9. The Labute approximate surface area is 616 Å². The highest BCUT2D eigenvalue weighted by atomic mass is 79.9. The number of carboxylic acids is 1. The van der Waals surface area contributed by atoms with Crippen LogP contribution in [-0.2, 0) is 89.5 Å². The van der Waals surface area contributed by atoms with Gasteiger partial charge in [-0.15, -0.1) is 0 Å². The first-order chi connectivity index (χ1) is 49.3. The van der Waals surface area contributed by atoms with Crippen LogP contribution in [0.4, 0.5) is 4.79 Å². The molecule has 5 rings (SSSR count). The summed E-state index contributed by atoms with van der Waals surface area (Å²) in [6.45, 7) is 14.3. The molecule has 3 aliphatic rings. The smallest absolute Gasteiger partial charge is 0.410 e. The van der Waals surface area contributed by atoms with E-state index < -0.39 is 151 Å². The van der Waals surface area contributed by atoms with Crippen molar-refractivity contribution in [2.75, 3.05) is 99.9 Å². The second kappa shape index (κ2) is 42.2. The normalized spacial score (nSPS) is 21.2. The number of aliphatic hydroxyl groups is 4. The van der Waals surface area contributed by atoms with Gasteiger partial charge in [-0.25, -0.2) is 9.59 Å². The van der Waals surface area contributed by atoms with Crippen LogP contribution in [0.1, 0.15) is 117 Å². The van der Waals surface area contributed by atoms with Crippen molar-refractivity contribution < 1.29 is 111 Å². The number of aliphatic carboxylic acids is 1. The molecule has 104 heavy (non-hydrogen) atoms. The summed E-state index contributed by atoms with van der Waals surface area (Å²) in [6, 6.07) is 9.09. The van der Waals surface area contributed by atoms with Gasteiger partial charge < -0.3 is 105 Å². The molecule has 0 radical (unpaired) electrons. The molecule has 0 bridgehead atoms. The predicted octanol–water partition coefficient (Wildman–Crippen LogP) is 1.13. The quantitative estimate of drug-likeness (QED) is 0.0329. The summed E-state index contributed by atoms with van der Waals surface area (Å²) in [6.07, 6.45) is -11.8. The highest BCUT2D eigenvalue weighted by Crippen LogP contribution is 2.33. The second-order valence-electron chi connectivity index (χ2n) is 27.5. The minimum atomic E-state index is -2.03.